The zero-order valence-corrected chi connectivity index (χ0v) is 6.92. The molecule has 0 fully saturated rings. The summed E-state index contributed by atoms with van der Waals surface area (Å²) in [5, 5.41) is 10.3. The van der Waals surface area contributed by atoms with Gasteiger partial charge in [0.25, 0.3) is 0 Å². The molecule has 0 aliphatic carbocycles. The summed E-state index contributed by atoms with van der Waals surface area (Å²) in [7, 11) is 0. The molecule has 0 atom stereocenters. The first-order valence-electron chi connectivity index (χ1n) is 3.50. The fraction of sp³-hybridized carbons (Fsp3) is 0.143. The van der Waals surface area contributed by atoms with Gasteiger partial charge in [-0.2, -0.15) is 13.2 Å². The number of nitro benzene ring substituents is 1. The van der Waals surface area contributed by atoms with Gasteiger partial charge in [-0.25, -0.2) is 4.39 Å². The minimum Gasteiger partial charge on any atom is -0.427 e. The lowest BCUT2D eigenvalue weighted by Crippen LogP contribution is -2.06. The maximum atomic E-state index is 12.8. The summed E-state index contributed by atoms with van der Waals surface area (Å²) in [4.78, 5) is 8.91. The van der Waals surface area contributed by atoms with Gasteiger partial charge in [0.1, 0.15) is 0 Å². The van der Waals surface area contributed by atoms with Gasteiger partial charge < -0.3 is 4.74 Å². The Bertz CT molecular complexity index is 396. The van der Waals surface area contributed by atoms with Crippen LogP contribution < -0.4 is 4.74 Å². The summed E-state index contributed by atoms with van der Waals surface area (Å²) in [6.07, 6.45) is 0. The molecule has 15 heavy (non-hydrogen) atoms. The molecule has 0 aliphatic rings. The van der Waals surface area contributed by atoms with Gasteiger partial charge in [0.15, 0.2) is 5.82 Å². The fourth-order valence-electron chi connectivity index (χ4n) is 0.883. The maximum Gasteiger partial charge on any atom is 0.387 e. The van der Waals surface area contributed by atoms with E-state index in [1.54, 1.807) is 0 Å². The molecule has 0 amide bonds. The van der Waals surface area contributed by atoms with Crippen molar-refractivity contribution >= 4 is 5.69 Å². The lowest BCUT2D eigenvalue weighted by molar-refractivity contribution is -0.389. The molecule has 1 aromatic rings. The third-order valence-electron chi connectivity index (χ3n) is 1.43. The van der Waals surface area contributed by atoms with Crippen LogP contribution in [-0.4, -0.2) is 11.5 Å². The highest BCUT2D eigenvalue weighted by atomic mass is 19.3. The Kier molecular flexibility index (Phi) is 3.08. The van der Waals surface area contributed by atoms with E-state index in [-0.39, 0.29) is 0 Å². The second kappa shape index (κ2) is 4.11. The summed E-state index contributed by atoms with van der Waals surface area (Å²) in [5.41, 5.74) is -1.45. The van der Waals surface area contributed by atoms with Gasteiger partial charge in [0, 0.05) is 0 Å². The molecule has 0 heterocycles. The van der Waals surface area contributed by atoms with Gasteiger partial charge in [-0.05, 0) is 12.1 Å². The normalized spacial score (nSPS) is 10.5. The van der Waals surface area contributed by atoms with Crippen LogP contribution in [0.15, 0.2) is 12.1 Å². The van der Waals surface area contributed by atoms with Crippen LogP contribution in [0.1, 0.15) is 0 Å². The van der Waals surface area contributed by atoms with Crippen molar-refractivity contribution in [2.45, 2.75) is 6.61 Å². The van der Waals surface area contributed by atoms with Crippen molar-refractivity contribution in [2.24, 2.45) is 0 Å². The van der Waals surface area contributed by atoms with Crippen LogP contribution in [0.4, 0.5) is 23.2 Å². The average molecular weight is 225 g/mol. The van der Waals surface area contributed by atoms with Crippen LogP contribution in [0.25, 0.3) is 0 Å². The number of halogens is 4. The highest BCUT2D eigenvalue weighted by molar-refractivity contribution is 5.47. The third-order valence-corrected chi connectivity index (χ3v) is 1.43. The lowest BCUT2D eigenvalue weighted by atomic mass is 10.2. The molecule has 4 nitrogen and oxygen atoms in total. The summed E-state index contributed by atoms with van der Waals surface area (Å²) in [5.74, 6) is -4.37. The van der Waals surface area contributed by atoms with Crippen LogP contribution in [0.3, 0.4) is 0 Å². The van der Waals surface area contributed by atoms with E-state index < -0.39 is 34.6 Å². The van der Waals surface area contributed by atoms with E-state index in [0.717, 1.165) is 0 Å². The van der Waals surface area contributed by atoms with Gasteiger partial charge in [-0.1, -0.05) is 0 Å². The van der Waals surface area contributed by atoms with E-state index in [2.05, 4.69) is 4.74 Å². The average Bonchev–Trinajstić information content (AvgIpc) is 2.10. The second-order valence-electron chi connectivity index (χ2n) is 2.34. The van der Waals surface area contributed by atoms with E-state index in [9.17, 15) is 27.7 Å². The molecule has 1 aromatic carbocycles. The Morgan fingerprint density at radius 3 is 2.40 bits per heavy atom. The number of nitrogens with zero attached hydrogens (tertiary/aromatic N) is 1. The third kappa shape index (κ3) is 2.33. The van der Waals surface area contributed by atoms with Crippen LogP contribution >= 0.6 is 0 Å². The molecule has 0 saturated carbocycles. The smallest absolute Gasteiger partial charge is 0.387 e. The minimum atomic E-state index is -3.35. The first kappa shape index (κ1) is 11.2. The van der Waals surface area contributed by atoms with Crippen LogP contribution in [0, 0.1) is 21.7 Å². The molecule has 0 radical (unpaired) electrons. The van der Waals surface area contributed by atoms with E-state index in [1.165, 1.54) is 0 Å². The van der Waals surface area contributed by atoms with Crippen molar-refractivity contribution < 1.29 is 27.2 Å². The van der Waals surface area contributed by atoms with Crippen molar-refractivity contribution in [1.82, 2.24) is 0 Å². The Morgan fingerprint density at radius 1 is 1.33 bits per heavy atom. The number of rotatable bonds is 3. The first-order chi connectivity index (χ1) is 6.93. The summed E-state index contributed by atoms with van der Waals surface area (Å²) < 4.78 is 52.5. The molecule has 0 aromatic heterocycles. The standard InChI is InChI=1S/C7H3F4NO3/c8-3-1-2-4(15-7(10)11)6(5(3)9)12(13)14/h1-2,7H. The van der Waals surface area contributed by atoms with Crippen molar-refractivity contribution in [3.05, 3.63) is 33.9 Å². The van der Waals surface area contributed by atoms with E-state index in [1.807, 2.05) is 0 Å². The zero-order valence-electron chi connectivity index (χ0n) is 6.92. The van der Waals surface area contributed by atoms with E-state index in [4.69, 9.17) is 0 Å². The SMILES string of the molecule is O=[N+]([O-])c1c(OC(F)F)ccc(F)c1F. The zero-order chi connectivity index (χ0) is 11.6. The van der Waals surface area contributed by atoms with Crippen molar-refractivity contribution in [3.63, 3.8) is 0 Å². The van der Waals surface area contributed by atoms with Crippen molar-refractivity contribution in [3.8, 4) is 5.75 Å². The Balaban J connectivity index is 3.27. The monoisotopic (exact) mass is 225 g/mol. The predicted molar refractivity (Wildman–Crippen MR) is 39.6 cm³/mol. The molecule has 8 heteroatoms. The molecule has 0 aliphatic heterocycles. The largest absolute Gasteiger partial charge is 0.427 e. The lowest BCUT2D eigenvalue weighted by Gasteiger charge is -2.05. The fourth-order valence-corrected chi connectivity index (χ4v) is 0.883. The predicted octanol–water partition coefficient (Wildman–Crippen LogP) is 2.47. The van der Waals surface area contributed by atoms with Crippen molar-refractivity contribution in [2.75, 3.05) is 0 Å². The highest BCUT2D eigenvalue weighted by Crippen LogP contribution is 2.32. The van der Waals surface area contributed by atoms with Gasteiger partial charge in [-0.15, -0.1) is 0 Å². The molecule has 82 valence electrons. The molecular formula is C7H3F4NO3. The highest BCUT2D eigenvalue weighted by Gasteiger charge is 2.26. The summed E-state index contributed by atoms with van der Waals surface area (Å²) in [6, 6.07) is 1.02. The molecule has 0 spiro atoms. The van der Waals surface area contributed by atoms with Crippen molar-refractivity contribution in [1.29, 1.82) is 0 Å². The first-order valence-corrected chi connectivity index (χ1v) is 3.50. The number of benzene rings is 1. The Hall–Kier alpha value is -1.86. The van der Waals surface area contributed by atoms with Gasteiger partial charge in [0.05, 0.1) is 4.92 Å². The van der Waals surface area contributed by atoms with E-state index in [0.29, 0.717) is 12.1 Å². The Labute approximate surface area is 80.2 Å². The van der Waals surface area contributed by atoms with Gasteiger partial charge >= 0.3 is 12.3 Å². The summed E-state index contributed by atoms with van der Waals surface area (Å²) >= 11 is 0. The van der Waals surface area contributed by atoms with Crippen LogP contribution in [-0.2, 0) is 0 Å². The van der Waals surface area contributed by atoms with Crippen LogP contribution in [0.5, 0.6) is 5.75 Å². The number of hydrogen-bond acceptors (Lipinski definition) is 3. The number of hydrogen-bond donors (Lipinski definition) is 0. The molecule has 0 bridgehead atoms. The number of alkyl halides is 2. The molecule has 0 N–H and O–H groups in total. The number of ether oxygens (including phenoxy) is 1. The molecule has 1 rings (SSSR count). The summed E-state index contributed by atoms with van der Waals surface area (Å²) in [6.45, 7) is -3.35. The van der Waals surface area contributed by atoms with Gasteiger partial charge in [0.2, 0.25) is 11.6 Å². The maximum absolute atomic E-state index is 12.8. The topological polar surface area (TPSA) is 52.4 Å². The quantitative estimate of drug-likeness (QED) is 0.451. The second-order valence-corrected chi connectivity index (χ2v) is 2.34. The van der Waals surface area contributed by atoms with Gasteiger partial charge in [-0.3, -0.25) is 10.1 Å². The van der Waals surface area contributed by atoms with E-state index >= 15 is 0 Å². The molecule has 0 unspecified atom stereocenters. The number of nitro groups is 1. The Morgan fingerprint density at radius 2 is 1.93 bits per heavy atom. The minimum absolute atomic E-state index is 0.458. The van der Waals surface area contributed by atoms with Crippen LogP contribution in [0.2, 0.25) is 0 Å². The molecule has 0 saturated heterocycles. The molecular weight excluding hydrogens is 222 g/mol.